The third-order valence-electron chi connectivity index (χ3n) is 4.04. The highest BCUT2D eigenvalue weighted by Gasteiger charge is 2.35. The van der Waals surface area contributed by atoms with E-state index in [2.05, 4.69) is 31.4 Å². The molecule has 1 N–H and O–H groups in total. The van der Waals surface area contributed by atoms with Crippen LogP contribution >= 0.6 is 15.9 Å². The normalized spacial score (nSPS) is 12.6. The van der Waals surface area contributed by atoms with Crippen molar-refractivity contribution in [2.24, 2.45) is 0 Å². The lowest BCUT2D eigenvalue weighted by Crippen LogP contribution is -2.25. The van der Waals surface area contributed by atoms with Crippen LogP contribution in [0.15, 0.2) is 47.2 Å². The molecule has 0 saturated heterocycles. The molecule has 0 radical (unpaired) electrons. The second kappa shape index (κ2) is 8.27. The molecule has 0 aliphatic rings. The van der Waals surface area contributed by atoms with Gasteiger partial charge in [0.25, 0.3) is 0 Å². The lowest BCUT2D eigenvalue weighted by atomic mass is 10.3. The number of carbonyl (C=O) groups excluding carboxylic acids is 1. The molecule has 1 unspecified atom stereocenters. The zero-order chi connectivity index (χ0) is 21.2. The third kappa shape index (κ3) is 5.17. The first-order valence-electron chi connectivity index (χ1n) is 8.48. The van der Waals surface area contributed by atoms with Gasteiger partial charge in [-0.1, -0.05) is 15.9 Å². The minimum atomic E-state index is -4.57. The lowest BCUT2D eigenvalue weighted by Gasteiger charge is -2.13. The Labute approximate surface area is 172 Å². The van der Waals surface area contributed by atoms with E-state index in [4.69, 9.17) is 4.74 Å². The molecule has 154 valence electrons. The van der Waals surface area contributed by atoms with Gasteiger partial charge in [-0.15, -0.1) is 0 Å². The molecule has 29 heavy (non-hydrogen) atoms. The molecule has 1 amide bonds. The molecule has 0 spiro atoms. The van der Waals surface area contributed by atoms with Crippen molar-refractivity contribution >= 4 is 27.5 Å². The Morgan fingerprint density at radius 3 is 2.62 bits per heavy atom. The molecule has 1 atom stereocenters. The number of hydrogen-bond acceptors (Lipinski definition) is 4. The molecule has 3 rings (SSSR count). The average molecular weight is 472 g/mol. The molecule has 0 saturated carbocycles. The van der Waals surface area contributed by atoms with Crippen LogP contribution in [0, 0.1) is 6.92 Å². The molecule has 11 heteroatoms. The molecular formula is C18H17BrF3N5O2. The van der Waals surface area contributed by atoms with E-state index in [0.29, 0.717) is 11.4 Å². The molecule has 1 aromatic carbocycles. The van der Waals surface area contributed by atoms with Crippen molar-refractivity contribution in [2.75, 3.05) is 5.32 Å². The molecule has 2 aromatic heterocycles. The number of benzene rings is 1. The highest BCUT2D eigenvalue weighted by Crippen LogP contribution is 2.29. The number of rotatable bonds is 6. The predicted octanol–water partition coefficient (Wildman–Crippen LogP) is 4.41. The number of aromatic nitrogens is 4. The maximum absolute atomic E-state index is 12.8. The Bertz CT molecular complexity index is 998. The Hall–Kier alpha value is -2.82. The van der Waals surface area contributed by atoms with Crippen molar-refractivity contribution in [3.8, 4) is 5.75 Å². The number of aryl methyl sites for hydroxylation is 1. The number of halogens is 4. The third-order valence-corrected chi connectivity index (χ3v) is 4.57. The van der Waals surface area contributed by atoms with Gasteiger partial charge in [-0.25, -0.2) is 4.68 Å². The Morgan fingerprint density at radius 1 is 1.31 bits per heavy atom. The number of anilines is 1. The van der Waals surface area contributed by atoms with Crippen LogP contribution in [0.1, 0.15) is 24.4 Å². The van der Waals surface area contributed by atoms with Gasteiger partial charge in [-0.2, -0.15) is 23.4 Å². The molecular weight excluding hydrogens is 455 g/mol. The predicted molar refractivity (Wildman–Crippen MR) is 102 cm³/mol. The SMILES string of the molecule is Cc1cc(C(F)(F)F)nn1C(C)C(=O)Nc1cnn(COc2ccc(Br)cc2)c1. The lowest BCUT2D eigenvalue weighted by molar-refractivity contribution is -0.141. The van der Waals surface area contributed by atoms with Crippen LogP contribution in [0.5, 0.6) is 5.75 Å². The zero-order valence-electron chi connectivity index (χ0n) is 15.4. The minimum Gasteiger partial charge on any atom is -0.471 e. The summed E-state index contributed by atoms with van der Waals surface area (Å²) < 4.78 is 47.4. The smallest absolute Gasteiger partial charge is 0.435 e. The molecule has 0 aliphatic carbocycles. The first-order chi connectivity index (χ1) is 13.6. The number of alkyl halides is 3. The molecule has 7 nitrogen and oxygen atoms in total. The van der Waals surface area contributed by atoms with E-state index in [1.807, 2.05) is 12.1 Å². The van der Waals surface area contributed by atoms with E-state index in [-0.39, 0.29) is 12.4 Å². The van der Waals surface area contributed by atoms with Crippen LogP contribution in [0.25, 0.3) is 0 Å². The van der Waals surface area contributed by atoms with Crippen molar-refractivity contribution in [3.63, 3.8) is 0 Å². The van der Waals surface area contributed by atoms with Gasteiger partial charge < -0.3 is 10.1 Å². The highest BCUT2D eigenvalue weighted by atomic mass is 79.9. The van der Waals surface area contributed by atoms with Crippen LogP contribution < -0.4 is 10.1 Å². The quantitative estimate of drug-likeness (QED) is 0.577. The Morgan fingerprint density at radius 2 is 2.00 bits per heavy atom. The molecule has 3 aromatic rings. The van der Waals surface area contributed by atoms with Crippen LogP contribution in [-0.4, -0.2) is 25.5 Å². The molecule has 0 bridgehead atoms. The first-order valence-corrected chi connectivity index (χ1v) is 9.28. The molecule has 0 aliphatic heterocycles. The van der Waals surface area contributed by atoms with E-state index in [9.17, 15) is 18.0 Å². The number of hydrogen-bond donors (Lipinski definition) is 1. The van der Waals surface area contributed by atoms with Crippen molar-refractivity contribution in [1.29, 1.82) is 0 Å². The van der Waals surface area contributed by atoms with Gasteiger partial charge in [0.1, 0.15) is 11.8 Å². The van der Waals surface area contributed by atoms with Crippen LogP contribution in [-0.2, 0) is 17.7 Å². The van der Waals surface area contributed by atoms with E-state index in [1.54, 1.807) is 18.3 Å². The molecule has 2 heterocycles. The summed E-state index contributed by atoms with van der Waals surface area (Å²) in [7, 11) is 0. The summed E-state index contributed by atoms with van der Waals surface area (Å²) in [5.74, 6) is 0.135. The van der Waals surface area contributed by atoms with Crippen LogP contribution in [0.4, 0.5) is 18.9 Å². The number of carbonyl (C=O) groups is 1. The maximum Gasteiger partial charge on any atom is 0.435 e. The van der Waals surface area contributed by atoms with Gasteiger partial charge >= 0.3 is 6.18 Å². The largest absolute Gasteiger partial charge is 0.471 e. The summed E-state index contributed by atoms with van der Waals surface area (Å²) in [4.78, 5) is 12.4. The first kappa shape index (κ1) is 20.9. The fraction of sp³-hybridized carbons (Fsp3) is 0.278. The monoisotopic (exact) mass is 471 g/mol. The Kier molecular flexibility index (Phi) is 5.96. The number of ether oxygens (including phenoxy) is 1. The number of nitrogens with one attached hydrogen (secondary N) is 1. The van der Waals surface area contributed by atoms with Crippen molar-refractivity contribution in [2.45, 2.75) is 32.8 Å². The minimum absolute atomic E-state index is 0.125. The van der Waals surface area contributed by atoms with E-state index >= 15 is 0 Å². The van der Waals surface area contributed by atoms with Gasteiger partial charge in [-0.3, -0.25) is 9.48 Å². The van der Waals surface area contributed by atoms with Crippen molar-refractivity contribution in [3.05, 3.63) is 58.6 Å². The van der Waals surface area contributed by atoms with Gasteiger partial charge in [0.05, 0.1) is 18.1 Å². The number of amides is 1. The maximum atomic E-state index is 12.8. The summed E-state index contributed by atoms with van der Waals surface area (Å²) in [6.07, 6.45) is -1.59. The molecule has 0 fully saturated rings. The standard InChI is InChI=1S/C18H17BrF3N5O2/c1-11-7-16(18(20,21)22)25-27(11)12(2)17(28)24-14-8-23-26(9-14)10-29-15-5-3-13(19)4-6-15/h3-9,12H,10H2,1-2H3,(H,24,28). The fourth-order valence-electron chi connectivity index (χ4n) is 2.55. The van der Waals surface area contributed by atoms with Gasteiger partial charge in [0.15, 0.2) is 12.4 Å². The summed E-state index contributed by atoms with van der Waals surface area (Å²) >= 11 is 3.34. The zero-order valence-corrected chi connectivity index (χ0v) is 17.0. The van der Waals surface area contributed by atoms with Crippen molar-refractivity contribution < 1.29 is 22.7 Å². The summed E-state index contributed by atoms with van der Waals surface area (Å²) in [5, 5.41) is 10.2. The van der Waals surface area contributed by atoms with Crippen LogP contribution in [0.2, 0.25) is 0 Å². The topological polar surface area (TPSA) is 74.0 Å². The fourth-order valence-corrected chi connectivity index (χ4v) is 2.81. The van der Waals surface area contributed by atoms with Gasteiger partial charge in [0, 0.05) is 10.2 Å². The highest BCUT2D eigenvalue weighted by molar-refractivity contribution is 9.10. The second-order valence-electron chi connectivity index (χ2n) is 6.27. The summed E-state index contributed by atoms with van der Waals surface area (Å²) in [6, 6.07) is 7.23. The van der Waals surface area contributed by atoms with Crippen LogP contribution in [0.3, 0.4) is 0 Å². The average Bonchev–Trinajstić information content (AvgIpc) is 3.27. The summed E-state index contributed by atoms with van der Waals surface area (Å²) in [5.41, 5.74) is -0.409. The van der Waals surface area contributed by atoms with Crippen molar-refractivity contribution in [1.82, 2.24) is 19.6 Å². The number of nitrogens with zero attached hydrogens (tertiary/aromatic N) is 4. The Balaban J connectivity index is 1.61. The van der Waals surface area contributed by atoms with E-state index < -0.39 is 23.8 Å². The summed E-state index contributed by atoms with van der Waals surface area (Å²) in [6.45, 7) is 3.06. The van der Waals surface area contributed by atoms with E-state index in [0.717, 1.165) is 15.2 Å². The van der Waals surface area contributed by atoms with Gasteiger partial charge in [-0.05, 0) is 44.2 Å². The second-order valence-corrected chi connectivity index (χ2v) is 7.19. The van der Waals surface area contributed by atoms with E-state index in [1.165, 1.54) is 24.7 Å². The van der Waals surface area contributed by atoms with Gasteiger partial charge in [0.2, 0.25) is 5.91 Å².